The first kappa shape index (κ1) is 13.0. The Morgan fingerprint density at radius 1 is 1.53 bits per heavy atom. The molecule has 0 atom stereocenters. The summed E-state index contributed by atoms with van der Waals surface area (Å²) in [6.07, 6.45) is -5.08. The van der Waals surface area contributed by atoms with E-state index in [-0.39, 0.29) is 12.2 Å². The smallest absolute Gasteiger partial charge is 0.478 e. The van der Waals surface area contributed by atoms with Gasteiger partial charge in [0.25, 0.3) is 5.56 Å². The maximum atomic E-state index is 11.9. The Balaban J connectivity index is 3.30. The molecule has 6 nitrogen and oxygen atoms in total. The van der Waals surface area contributed by atoms with Crippen molar-refractivity contribution >= 4 is 5.97 Å². The third kappa shape index (κ3) is 3.21. The number of ether oxygens (including phenoxy) is 1. The molecule has 0 saturated carbocycles. The SMILES string of the molecule is NCc1[nH]c(=O)c(OC(F)(F)F)cc1C(=O)O. The third-order valence-corrected chi connectivity index (χ3v) is 1.75. The zero-order chi connectivity index (χ0) is 13.2. The number of nitrogens with two attached hydrogens (primary N) is 1. The van der Waals surface area contributed by atoms with E-state index >= 15 is 0 Å². The summed E-state index contributed by atoms with van der Waals surface area (Å²) in [5, 5.41) is 8.70. The van der Waals surface area contributed by atoms with E-state index in [1.165, 1.54) is 0 Å². The molecule has 1 aromatic heterocycles. The lowest BCUT2D eigenvalue weighted by molar-refractivity contribution is -0.275. The first-order valence-corrected chi connectivity index (χ1v) is 4.20. The molecule has 0 radical (unpaired) electrons. The normalized spacial score (nSPS) is 11.3. The summed E-state index contributed by atoms with van der Waals surface area (Å²) in [4.78, 5) is 23.7. The molecule has 0 aliphatic carbocycles. The van der Waals surface area contributed by atoms with Gasteiger partial charge in [0.2, 0.25) is 0 Å². The Labute approximate surface area is 91.8 Å². The number of hydrogen-bond acceptors (Lipinski definition) is 4. The Hall–Kier alpha value is -2.03. The summed E-state index contributed by atoms with van der Waals surface area (Å²) >= 11 is 0. The van der Waals surface area contributed by atoms with Gasteiger partial charge in [-0.05, 0) is 0 Å². The Bertz CT molecular complexity index is 495. The highest BCUT2D eigenvalue weighted by Crippen LogP contribution is 2.20. The van der Waals surface area contributed by atoms with E-state index in [2.05, 4.69) is 4.74 Å². The summed E-state index contributed by atoms with van der Waals surface area (Å²) in [5.74, 6) is -2.67. The second-order valence-electron chi connectivity index (χ2n) is 2.91. The fraction of sp³-hybridized carbons (Fsp3) is 0.250. The van der Waals surface area contributed by atoms with Crippen molar-refractivity contribution in [2.45, 2.75) is 12.9 Å². The van der Waals surface area contributed by atoms with Gasteiger partial charge in [0.1, 0.15) is 0 Å². The van der Waals surface area contributed by atoms with Gasteiger partial charge in [0.15, 0.2) is 5.75 Å². The van der Waals surface area contributed by atoms with Crippen LogP contribution in [-0.2, 0) is 6.54 Å². The van der Waals surface area contributed by atoms with Gasteiger partial charge in [-0.1, -0.05) is 0 Å². The number of H-pyrrole nitrogens is 1. The standard InChI is InChI=1S/C8H7F3N2O4/c9-8(10,11)17-5-1-3(7(15)16)4(2-12)13-6(5)14/h1H,2,12H2,(H,13,14)(H,15,16). The average Bonchev–Trinajstić information content (AvgIpc) is 2.18. The van der Waals surface area contributed by atoms with Crippen LogP contribution in [0.5, 0.6) is 5.75 Å². The highest BCUT2D eigenvalue weighted by molar-refractivity contribution is 5.89. The van der Waals surface area contributed by atoms with Crippen molar-refractivity contribution in [3.63, 3.8) is 0 Å². The molecule has 1 rings (SSSR count). The molecule has 0 saturated heterocycles. The van der Waals surface area contributed by atoms with Gasteiger partial charge in [-0.3, -0.25) is 4.79 Å². The van der Waals surface area contributed by atoms with Crippen LogP contribution >= 0.6 is 0 Å². The van der Waals surface area contributed by atoms with Crippen LogP contribution in [0.3, 0.4) is 0 Å². The zero-order valence-corrected chi connectivity index (χ0v) is 8.17. The zero-order valence-electron chi connectivity index (χ0n) is 8.17. The van der Waals surface area contributed by atoms with E-state index in [0.717, 1.165) is 0 Å². The number of alkyl halides is 3. The second kappa shape index (κ2) is 4.45. The van der Waals surface area contributed by atoms with E-state index < -0.39 is 29.2 Å². The lowest BCUT2D eigenvalue weighted by atomic mass is 10.2. The Morgan fingerprint density at radius 2 is 2.12 bits per heavy atom. The summed E-state index contributed by atoms with van der Waals surface area (Å²) < 4.78 is 39.0. The van der Waals surface area contributed by atoms with Crippen molar-refractivity contribution in [2.75, 3.05) is 0 Å². The predicted molar refractivity (Wildman–Crippen MR) is 48.6 cm³/mol. The molecule has 1 heterocycles. The van der Waals surface area contributed by atoms with Crippen LogP contribution in [0.25, 0.3) is 0 Å². The van der Waals surface area contributed by atoms with Crippen LogP contribution in [0.4, 0.5) is 13.2 Å². The van der Waals surface area contributed by atoms with Gasteiger partial charge in [-0.2, -0.15) is 0 Å². The number of aromatic carboxylic acids is 1. The maximum absolute atomic E-state index is 11.9. The molecule has 0 aliphatic heterocycles. The van der Waals surface area contributed by atoms with E-state index in [0.29, 0.717) is 6.07 Å². The number of carboxylic acids is 1. The molecule has 1 aromatic rings. The van der Waals surface area contributed by atoms with Crippen molar-refractivity contribution < 1.29 is 27.8 Å². The minimum absolute atomic E-state index is 0.183. The monoisotopic (exact) mass is 252 g/mol. The van der Waals surface area contributed by atoms with Crippen molar-refractivity contribution in [3.8, 4) is 5.75 Å². The van der Waals surface area contributed by atoms with Crippen molar-refractivity contribution in [2.24, 2.45) is 5.73 Å². The quantitative estimate of drug-likeness (QED) is 0.723. The van der Waals surface area contributed by atoms with Gasteiger partial charge >= 0.3 is 12.3 Å². The summed E-state index contributed by atoms with van der Waals surface area (Å²) in [6, 6.07) is 0.483. The highest BCUT2D eigenvalue weighted by Gasteiger charge is 2.33. The largest absolute Gasteiger partial charge is 0.573 e. The number of aromatic nitrogens is 1. The van der Waals surface area contributed by atoms with E-state index in [4.69, 9.17) is 10.8 Å². The number of rotatable bonds is 3. The van der Waals surface area contributed by atoms with Gasteiger partial charge in [0.05, 0.1) is 5.56 Å². The number of carboxylic acid groups (broad SMARTS) is 1. The average molecular weight is 252 g/mol. The molecule has 0 bridgehead atoms. The molecular formula is C8H7F3N2O4. The molecular weight excluding hydrogens is 245 g/mol. The van der Waals surface area contributed by atoms with Crippen molar-refractivity contribution in [1.29, 1.82) is 0 Å². The summed E-state index contributed by atoms with van der Waals surface area (Å²) in [5.41, 5.74) is 3.20. The number of hydrogen-bond donors (Lipinski definition) is 3. The minimum atomic E-state index is -5.08. The molecule has 9 heteroatoms. The molecule has 4 N–H and O–H groups in total. The van der Waals surface area contributed by atoms with Crippen LogP contribution in [0.2, 0.25) is 0 Å². The maximum Gasteiger partial charge on any atom is 0.573 e. The summed E-state index contributed by atoms with van der Waals surface area (Å²) in [6.45, 7) is -0.330. The number of aromatic amines is 1. The van der Waals surface area contributed by atoms with Crippen LogP contribution in [0.1, 0.15) is 16.1 Å². The Kier molecular flexibility index (Phi) is 3.42. The molecule has 0 fully saturated rings. The van der Waals surface area contributed by atoms with Gasteiger partial charge < -0.3 is 20.6 Å². The van der Waals surface area contributed by atoms with E-state index in [1.54, 1.807) is 0 Å². The number of halogens is 3. The molecule has 0 amide bonds. The lowest BCUT2D eigenvalue weighted by Gasteiger charge is -2.10. The molecule has 94 valence electrons. The highest BCUT2D eigenvalue weighted by atomic mass is 19.4. The van der Waals surface area contributed by atoms with Crippen molar-refractivity contribution in [1.82, 2.24) is 4.98 Å². The minimum Gasteiger partial charge on any atom is -0.478 e. The van der Waals surface area contributed by atoms with E-state index in [9.17, 15) is 22.8 Å². The molecule has 0 spiro atoms. The molecule has 0 aliphatic rings. The second-order valence-corrected chi connectivity index (χ2v) is 2.91. The van der Waals surface area contributed by atoms with Gasteiger partial charge in [-0.25, -0.2) is 4.79 Å². The third-order valence-electron chi connectivity index (χ3n) is 1.75. The van der Waals surface area contributed by atoms with Crippen LogP contribution in [-0.4, -0.2) is 22.4 Å². The van der Waals surface area contributed by atoms with E-state index in [1.807, 2.05) is 4.98 Å². The number of nitrogens with one attached hydrogen (secondary N) is 1. The first-order valence-electron chi connectivity index (χ1n) is 4.20. The van der Waals surface area contributed by atoms with Crippen LogP contribution in [0.15, 0.2) is 10.9 Å². The Morgan fingerprint density at radius 3 is 2.53 bits per heavy atom. The first-order chi connectivity index (χ1) is 7.74. The molecule has 17 heavy (non-hydrogen) atoms. The summed E-state index contributed by atoms with van der Waals surface area (Å²) in [7, 11) is 0. The fourth-order valence-electron chi connectivity index (χ4n) is 1.10. The molecule has 0 unspecified atom stereocenters. The fourth-order valence-corrected chi connectivity index (χ4v) is 1.10. The number of carbonyl (C=O) groups is 1. The molecule has 0 aromatic carbocycles. The van der Waals surface area contributed by atoms with Crippen LogP contribution < -0.4 is 16.0 Å². The predicted octanol–water partition coefficient (Wildman–Crippen LogP) is 0.430. The van der Waals surface area contributed by atoms with Gasteiger partial charge in [-0.15, -0.1) is 13.2 Å². The van der Waals surface area contributed by atoms with Gasteiger partial charge in [0, 0.05) is 18.3 Å². The number of pyridine rings is 1. The van der Waals surface area contributed by atoms with Crippen LogP contribution in [0, 0.1) is 0 Å². The van der Waals surface area contributed by atoms with Crippen molar-refractivity contribution in [3.05, 3.63) is 27.7 Å². The lowest BCUT2D eigenvalue weighted by Crippen LogP contribution is -2.25. The topological polar surface area (TPSA) is 105 Å².